The molecule has 0 rings (SSSR count). The molecule has 0 aliphatic rings. The quantitative estimate of drug-likeness (QED) is 0.442. The van der Waals surface area contributed by atoms with Crippen molar-refractivity contribution < 1.29 is 24.4 Å². The Morgan fingerprint density at radius 3 is 1.80 bits per heavy atom. The summed E-state index contributed by atoms with van der Waals surface area (Å²) in [5.74, 6) is 0. The van der Waals surface area contributed by atoms with E-state index in [1.165, 1.54) is 0 Å². The average molecular weight is 352 g/mol. The van der Waals surface area contributed by atoms with Gasteiger partial charge in [0.1, 0.15) is 0 Å². The molecule has 5 nitrogen and oxygen atoms in total. The summed E-state index contributed by atoms with van der Waals surface area (Å²) in [5.41, 5.74) is 0. The highest BCUT2D eigenvalue weighted by Gasteiger charge is 2.16. The van der Waals surface area contributed by atoms with Gasteiger partial charge in [0.25, 0.3) is 0 Å². The smallest absolute Gasteiger partial charge is 0.198 e. The molecular formula is C8H16Br2O5. The highest BCUT2D eigenvalue weighted by molar-refractivity contribution is 9.25. The van der Waals surface area contributed by atoms with E-state index in [1.54, 1.807) is 0 Å². The standard InChI is InChI=1S/C8H16Br2O5/c9-8(10,12)7-15-6-5-14-4-3-13-2-1-11/h11-12H,1-7H2. The zero-order valence-corrected chi connectivity index (χ0v) is 11.5. The van der Waals surface area contributed by atoms with Gasteiger partial charge >= 0.3 is 0 Å². The van der Waals surface area contributed by atoms with Crippen LogP contribution in [0.3, 0.4) is 0 Å². The molecule has 0 radical (unpaired) electrons. The van der Waals surface area contributed by atoms with Crippen LogP contribution in [0.1, 0.15) is 0 Å². The number of alkyl halides is 2. The van der Waals surface area contributed by atoms with Crippen molar-refractivity contribution in [2.45, 2.75) is 3.42 Å². The molecule has 15 heavy (non-hydrogen) atoms. The summed E-state index contributed by atoms with van der Waals surface area (Å²) in [5, 5.41) is 17.5. The summed E-state index contributed by atoms with van der Waals surface area (Å²) in [6.45, 7) is 2.27. The minimum absolute atomic E-state index is 0.0260. The van der Waals surface area contributed by atoms with Gasteiger partial charge in [-0.05, 0) is 31.9 Å². The normalized spacial score (nSPS) is 12.0. The zero-order valence-electron chi connectivity index (χ0n) is 8.32. The summed E-state index contributed by atoms with van der Waals surface area (Å²) in [6.07, 6.45) is 0. The lowest BCUT2D eigenvalue weighted by Crippen LogP contribution is -2.20. The SMILES string of the molecule is OCCOCCOCCOCC(O)(Br)Br. The first-order chi connectivity index (χ1) is 7.06. The van der Waals surface area contributed by atoms with E-state index in [2.05, 4.69) is 31.9 Å². The average Bonchev–Trinajstić information content (AvgIpc) is 2.14. The molecule has 0 aliphatic carbocycles. The molecule has 0 aromatic rings. The third kappa shape index (κ3) is 14.8. The predicted molar refractivity (Wildman–Crippen MR) is 62.3 cm³/mol. The van der Waals surface area contributed by atoms with Crippen LogP contribution < -0.4 is 0 Å². The topological polar surface area (TPSA) is 68.2 Å². The Morgan fingerprint density at radius 1 is 0.867 bits per heavy atom. The van der Waals surface area contributed by atoms with Crippen molar-refractivity contribution in [1.82, 2.24) is 0 Å². The van der Waals surface area contributed by atoms with Gasteiger partial charge in [-0.1, -0.05) is 0 Å². The van der Waals surface area contributed by atoms with Gasteiger partial charge in [-0.15, -0.1) is 0 Å². The van der Waals surface area contributed by atoms with Crippen LogP contribution in [0.4, 0.5) is 0 Å². The van der Waals surface area contributed by atoms with Crippen molar-refractivity contribution in [3.8, 4) is 0 Å². The van der Waals surface area contributed by atoms with Crippen LogP contribution in [0.25, 0.3) is 0 Å². The Hall–Kier alpha value is 0.760. The van der Waals surface area contributed by atoms with Gasteiger partial charge in [0.2, 0.25) is 0 Å². The fourth-order valence-electron chi connectivity index (χ4n) is 0.699. The Labute approximate surface area is 106 Å². The Morgan fingerprint density at radius 2 is 1.33 bits per heavy atom. The van der Waals surface area contributed by atoms with Gasteiger partial charge in [0.05, 0.1) is 46.2 Å². The second kappa shape index (κ2) is 9.95. The van der Waals surface area contributed by atoms with E-state index >= 15 is 0 Å². The van der Waals surface area contributed by atoms with Gasteiger partial charge in [0.15, 0.2) is 3.42 Å². The Kier molecular flexibility index (Phi) is 10.5. The molecule has 0 saturated heterocycles. The van der Waals surface area contributed by atoms with Crippen LogP contribution in [-0.2, 0) is 14.2 Å². The lowest BCUT2D eigenvalue weighted by Gasteiger charge is -2.12. The number of ether oxygens (including phenoxy) is 3. The van der Waals surface area contributed by atoms with Crippen molar-refractivity contribution in [2.75, 3.05) is 46.2 Å². The summed E-state index contributed by atoms with van der Waals surface area (Å²) in [7, 11) is 0. The van der Waals surface area contributed by atoms with Crippen LogP contribution >= 0.6 is 31.9 Å². The van der Waals surface area contributed by atoms with Crippen LogP contribution in [0.2, 0.25) is 0 Å². The summed E-state index contributed by atoms with van der Waals surface area (Å²) in [4.78, 5) is 0. The fourth-order valence-corrected chi connectivity index (χ4v) is 1.02. The minimum Gasteiger partial charge on any atom is -0.394 e. The highest BCUT2D eigenvalue weighted by Crippen LogP contribution is 2.21. The summed E-state index contributed by atoms with van der Waals surface area (Å²) >= 11 is 5.91. The summed E-state index contributed by atoms with van der Waals surface area (Å²) < 4.78 is 14.0. The van der Waals surface area contributed by atoms with E-state index in [0.717, 1.165) is 0 Å². The number of halogens is 2. The second-order valence-corrected chi connectivity index (χ2v) is 6.35. The van der Waals surface area contributed by atoms with Crippen LogP contribution in [0.5, 0.6) is 0 Å². The molecule has 0 bridgehead atoms. The van der Waals surface area contributed by atoms with Crippen LogP contribution in [0.15, 0.2) is 0 Å². The molecule has 0 aromatic carbocycles. The van der Waals surface area contributed by atoms with E-state index in [0.29, 0.717) is 33.0 Å². The number of aliphatic hydroxyl groups is 2. The maximum absolute atomic E-state index is 9.14. The van der Waals surface area contributed by atoms with Crippen LogP contribution in [0, 0.1) is 0 Å². The van der Waals surface area contributed by atoms with E-state index in [9.17, 15) is 0 Å². The molecule has 0 fully saturated rings. The first kappa shape index (κ1) is 15.8. The Bertz CT molecular complexity index is 139. The number of rotatable bonds is 10. The first-order valence-electron chi connectivity index (χ1n) is 4.50. The molecule has 0 aliphatic heterocycles. The van der Waals surface area contributed by atoms with Crippen LogP contribution in [-0.4, -0.2) is 59.9 Å². The van der Waals surface area contributed by atoms with Gasteiger partial charge < -0.3 is 24.4 Å². The fraction of sp³-hybridized carbons (Fsp3) is 1.00. The van der Waals surface area contributed by atoms with Gasteiger partial charge in [0, 0.05) is 0 Å². The highest BCUT2D eigenvalue weighted by atomic mass is 79.9. The molecule has 7 heteroatoms. The largest absolute Gasteiger partial charge is 0.394 e. The maximum atomic E-state index is 9.14. The van der Waals surface area contributed by atoms with Crippen molar-refractivity contribution >= 4 is 31.9 Å². The number of aliphatic hydroxyl groups excluding tert-OH is 1. The van der Waals surface area contributed by atoms with Crippen molar-refractivity contribution in [2.24, 2.45) is 0 Å². The minimum atomic E-state index is -1.16. The van der Waals surface area contributed by atoms with Gasteiger partial charge in [-0.25, -0.2) is 0 Å². The van der Waals surface area contributed by atoms with E-state index in [4.69, 9.17) is 24.4 Å². The molecule has 0 amide bonds. The molecule has 92 valence electrons. The van der Waals surface area contributed by atoms with Crippen molar-refractivity contribution in [1.29, 1.82) is 0 Å². The zero-order chi connectivity index (χ0) is 11.6. The molecule has 0 spiro atoms. The molecule has 2 N–H and O–H groups in total. The molecule has 0 heterocycles. The first-order valence-corrected chi connectivity index (χ1v) is 6.09. The van der Waals surface area contributed by atoms with E-state index in [1.807, 2.05) is 0 Å². The Balaban J connectivity index is 2.99. The monoisotopic (exact) mass is 350 g/mol. The predicted octanol–water partition coefficient (Wildman–Crippen LogP) is 0.464. The number of hydrogen-bond donors (Lipinski definition) is 2. The summed E-state index contributed by atoms with van der Waals surface area (Å²) in [6, 6.07) is 0. The molecule has 0 saturated carbocycles. The van der Waals surface area contributed by atoms with Crippen molar-refractivity contribution in [3.05, 3.63) is 0 Å². The van der Waals surface area contributed by atoms with E-state index in [-0.39, 0.29) is 13.2 Å². The van der Waals surface area contributed by atoms with E-state index < -0.39 is 3.42 Å². The molecule has 0 aromatic heterocycles. The lowest BCUT2D eigenvalue weighted by molar-refractivity contribution is -0.00291. The molecular weight excluding hydrogens is 336 g/mol. The second-order valence-electron chi connectivity index (χ2n) is 2.67. The third-order valence-electron chi connectivity index (χ3n) is 1.26. The maximum Gasteiger partial charge on any atom is 0.198 e. The van der Waals surface area contributed by atoms with Crippen molar-refractivity contribution in [3.63, 3.8) is 0 Å². The van der Waals surface area contributed by atoms with Gasteiger partial charge in [-0.2, -0.15) is 0 Å². The number of hydrogen-bond acceptors (Lipinski definition) is 5. The third-order valence-corrected chi connectivity index (χ3v) is 1.71. The molecule has 0 atom stereocenters. The lowest BCUT2D eigenvalue weighted by atomic mass is 10.7. The molecule has 0 unspecified atom stereocenters. The van der Waals surface area contributed by atoms with Gasteiger partial charge in [-0.3, -0.25) is 0 Å².